The maximum absolute atomic E-state index is 13.5. The van der Waals surface area contributed by atoms with Gasteiger partial charge in [-0.15, -0.1) is 0 Å². The molecule has 0 saturated carbocycles. The molecule has 1 aromatic rings. The number of rotatable bonds is 8. The molecular formula is C13H22FN3O2S. The van der Waals surface area contributed by atoms with E-state index in [0.29, 0.717) is 12.1 Å². The van der Waals surface area contributed by atoms with Gasteiger partial charge in [-0.25, -0.2) is 4.39 Å². The third-order valence-corrected chi connectivity index (χ3v) is 4.93. The van der Waals surface area contributed by atoms with Crippen molar-refractivity contribution in [2.75, 3.05) is 34.2 Å². The van der Waals surface area contributed by atoms with E-state index in [1.807, 2.05) is 7.05 Å². The summed E-state index contributed by atoms with van der Waals surface area (Å²) in [5.41, 5.74) is 0.363. The summed E-state index contributed by atoms with van der Waals surface area (Å²) < 4.78 is 40.5. The summed E-state index contributed by atoms with van der Waals surface area (Å²) in [5, 5.41) is 2.97. The van der Waals surface area contributed by atoms with Crippen molar-refractivity contribution in [3.8, 4) is 0 Å². The highest BCUT2D eigenvalue weighted by atomic mass is 32.2. The lowest BCUT2D eigenvalue weighted by Gasteiger charge is -2.24. The van der Waals surface area contributed by atoms with E-state index >= 15 is 0 Å². The molecule has 1 rings (SSSR count). The largest absolute Gasteiger partial charge is 0.320 e. The predicted molar refractivity (Wildman–Crippen MR) is 78.0 cm³/mol. The third kappa shape index (κ3) is 4.52. The van der Waals surface area contributed by atoms with Crippen molar-refractivity contribution in [1.29, 1.82) is 0 Å². The lowest BCUT2D eigenvalue weighted by Crippen LogP contribution is -2.40. The van der Waals surface area contributed by atoms with Gasteiger partial charge in [-0.2, -0.15) is 17.0 Å². The molecule has 0 unspecified atom stereocenters. The number of nitrogens with one attached hydrogen (secondary N) is 1. The van der Waals surface area contributed by atoms with Gasteiger partial charge in [0.15, 0.2) is 0 Å². The molecule has 0 aliphatic carbocycles. The van der Waals surface area contributed by atoms with Crippen molar-refractivity contribution in [3.05, 3.63) is 35.6 Å². The molecule has 0 spiro atoms. The van der Waals surface area contributed by atoms with E-state index in [1.54, 1.807) is 18.2 Å². The monoisotopic (exact) mass is 303 g/mol. The lowest BCUT2D eigenvalue weighted by atomic mass is 10.2. The fraction of sp³-hybridized carbons (Fsp3) is 0.538. The summed E-state index contributed by atoms with van der Waals surface area (Å²) in [5.74, 6) is -0.396. The van der Waals surface area contributed by atoms with E-state index in [4.69, 9.17) is 0 Å². The van der Waals surface area contributed by atoms with Crippen molar-refractivity contribution in [1.82, 2.24) is 13.9 Å². The van der Waals surface area contributed by atoms with Crippen LogP contribution in [0.4, 0.5) is 4.39 Å². The van der Waals surface area contributed by atoms with Crippen LogP contribution in [0.5, 0.6) is 0 Å². The quantitative estimate of drug-likeness (QED) is 0.730. The predicted octanol–water partition coefficient (Wildman–Crippen LogP) is 1.04. The second-order valence-corrected chi connectivity index (χ2v) is 6.78. The summed E-state index contributed by atoms with van der Waals surface area (Å²) in [6, 6.07) is 6.18. The van der Waals surface area contributed by atoms with Crippen LogP contribution in [-0.2, 0) is 16.8 Å². The lowest BCUT2D eigenvalue weighted by molar-refractivity contribution is 0.382. The average molecular weight is 303 g/mol. The Bertz CT molecular complexity index is 522. The van der Waals surface area contributed by atoms with Crippen LogP contribution in [0.15, 0.2) is 24.3 Å². The van der Waals surface area contributed by atoms with Crippen LogP contribution in [0.25, 0.3) is 0 Å². The minimum atomic E-state index is -3.56. The third-order valence-electron chi connectivity index (χ3n) is 3.04. The van der Waals surface area contributed by atoms with Crippen LogP contribution >= 0.6 is 0 Å². The number of benzene rings is 1. The summed E-state index contributed by atoms with van der Waals surface area (Å²) >= 11 is 0. The fourth-order valence-corrected chi connectivity index (χ4v) is 2.92. The highest BCUT2D eigenvalue weighted by Crippen LogP contribution is 2.13. The molecule has 0 saturated heterocycles. The van der Waals surface area contributed by atoms with Gasteiger partial charge in [0.05, 0.1) is 0 Å². The highest BCUT2D eigenvalue weighted by molar-refractivity contribution is 7.86. The first-order valence-electron chi connectivity index (χ1n) is 6.45. The second kappa shape index (κ2) is 7.68. The molecular weight excluding hydrogens is 281 g/mol. The second-order valence-electron chi connectivity index (χ2n) is 4.63. The summed E-state index contributed by atoms with van der Waals surface area (Å²) in [6.07, 6.45) is 0.722. The van der Waals surface area contributed by atoms with Crippen LogP contribution in [0.3, 0.4) is 0 Å². The standard InChI is InChI=1S/C13H22FN3O2S/c1-15-9-6-10-16(2)20(18,19)17(3)11-12-7-4-5-8-13(12)14/h4-5,7-8,15H,6,9-11H2,1-3H3. The molecule has 7 heteroatoms. The van der Waals surface area contributed by atoms with Gasteiger partial charge in [-0.05, 0) is 26.1 Å². The van der Waals surface area contributed by atoms with Crippen LogP contribution in [0.1, 0.15) is 12.0 Å². The zero-order valence-electron chi connectivity index (χ0n) is 12.1. The molecule has 114 valence electrons. The van der Waals surface area contributed by atoms with Gasteiger partial charge in [-0.3, -0.25) is 0 Å². The van der Waals surface area contributed by atoms with Crippen molar-refractivity contribution >= 4 is 10.2 Å². The summed E-state index contributed by atoms with van der Waals surface area (Å²) in [6.45, 7) is 1.19. The van der Waals surface area contributed by atoms with E-state index in [2.05, 4.69) is 5.32 Å². The molecule has 0 radical (unpaired) electrons. The number of hydrogen-bond donors (Lipinski definition) is 1. The topological polar surface area (TPSA) is 52.7 Å². The van der Waals surface area contributed by atoms with Gasteiger partial charge < -0.3 is 5.32 Å². The Hall–Kier alpha value is -1.02. The molecule has 0 aliphatic rings. The van der Waals surface area contributed by atoms with E-state index in [1.165, 1.54) is 24.5 Å². The first-order chi connectivity index (χ1) is 9.39. The zero-order valence-corrected chi connectivity index (χ0v) is 13.0. The molecule has 0 bridgehead atoms. The highest BCUT2D eigenvalue weighted by Gasteiger charge is 2.23. The van der Waals surface area contributed by atoms with Crippen LogP contribution in [-0.4, -0.2) is 51.3 Å². The minimum Gasteiger partial charge on any atom is -0.320 e. The van der Waals surface area contributed by atoms with Crippen molar-refractivity contribution in [3.63, 3.8) is 0 Å². The molecule has 0 heterocycles. The van der Waals surface area contributed by atoms with E-state index in [-0.39, 0.29) is 6.54 Å². The molecule has 20 heavy (non-hydrogen) atoms. The molecule has 0 aliphatic heterocycles. The molecule has 5 nitrogen and oxygen atoms in total. The maximum Gasteiger partial charge on any atom is 0.281 e. The maximum atomic E-state index is 13.5. The number of hydrogen-bond acceptors (Lipinski definition) is 3. The molecule has 0 aromatic heterocycles. The van der Waals surface area contributed by atoms with Gasteiger partial charge in [0, 0.05) is 32.7 Å². The Labute approximate surface area is 120 Å². The Morgan fingerprint density at radius 2 is 1.85 bits per heavy atom. The molecule has 1 N–H and O–H groups in total. The fourth-order valence-electron chi connectivity index (χ4n) is 1.78. The van der Waals surface area contributed by atoms with E-state index in [0.717, 1.165) is 17.3 Å². The Balaban J connectivity index is 2.69. The first-order valence-corrected chi connectivity index (χ1v) is 7.85. The molecule has 0 fully saturated rings. The van der Waals surface area contributed by atoms with Crippen LogP contribution < -0.4 is 5.32 Å². The smallest absolute Gasteiger partial charge is 0.281 e. The molecule has 1 aromatic carbocycles. The van der Waals surface area contributed by atoms with E-state index < -0.39 is 16.0 Å². The van der Waals surface area contributed by atoms with Gasteiger partial charge in [0.1, 0.15) is 5.82 Å². The minimum absolute atomic E-state index is 0.0192. The number of nitrogens with zero attached hydrogens (tertiary/aromatic N) is 2. The Morgan fingerprint density at radius 3 is 2.45 bits per heavy atom. The van der Waals surface area contributed by atoms with Crippen molar-refractivity contribution < 1.29 is 12.8 Å². The van der Waals surface area contributed by atoms with Gasteiger partial charge >= 0.3 is 0 Å². The van der Waals surface area contributed by atoms with Gasteiger partial charge in [0.2, 0.25) is 0 Å². The SMILES string of the molecule is CNCCCN(C)S(=O)(=O)N(C)Cc1ccccc1F. The molecule has 0 amide bonds. The summed E-state index contributed by atoms with van der Waals surface area (Å²) in [7, 11) is 1.24. The molecule has 0 atom stereocenters. The Kier molecular flexibility index (Phi) is 6.54. The van der Waals surface area contributed by atoms with Crippen LogP contribution in [0, 0.1) is 5.82 Å². The van der Waals surface area contributed by atoms with Crippen molar-refractivity contribution in [2.45, 2.75) is 13.0 Å². The van der Waals surface area contributed by atoms with Gasteiger partial charge in [0.25, 0.3) is 10.2 Å². The van der Waals surface area contributed by atoms with Gasteiger partial charge in [-0.1, -0.05) is 18.2 Å². The van der Waals surface area contributed by atoms with Crippen LogP contribution in [0.2, 0.25) is 0 Å². The average Bonchev–Trinajstić information content (AvgIpc) is 2.41. The normalized spacial score (nSPS) is 12.3. The summed E-state index contributed by atoms with van der Waals surface area (Å²) in [4.78, 5) is 0. The zero-order chi connectivity index (χ0) is 15.2. The first kappa shape index (κ1) is 17.0. The van der Waals surface area contributed by atoms with E-state index in [9.17, 15) is 12.8 Å². The Morgan fingerprint density at radius 1 is 1.20 bits per heavy atom. The van der Waals surface area contributed by atoms with Crippen molar-refractivity contribution in [2.24, 2.45) is 0 Å². The number of halogens is 1.